The van der Waals surface area contributed by atoms with Crippen LogP contribution < -0.4 is 5.32 Å². The molecule has 2 aromatic carbocycles. The molecule has 0 amide bonds. The molecule has 2 N–H and O–H groups in total. The Hall–Kier alpha value is -2.20. The summed E-state index contributed by atoms with van der Waals surface area (Å²) >= 11 is 0. The van der Waals surface area contributed by atoms with E-state index in [2.05, 4.69) is 5.32 Å². The van der Waals surface area contributed by atoms with Gasteiger partial charge in [0.2, 0.25) is 0 Å². The van der Waals surface area contributed by atoms with Gasteiger partial charge in [-0.3, -0.25) is 4.79 Å². The van der Waals surface area contributed by atoms with Crippen molar-refractivity contribution in [2.75, 3.05) is 0 Å². The van der Waals surface area contributed by atoms with E-state index in [1.165, 1.54) is 17.7 Å². The van der Waals surface area contributed by atoms with E-state index in [0.29, 0.717) is 13.0 Å². The lowest BCUT2D eigenvalue weighted by atomic mass is 10.0. The topological polar surface area (TPSA) is 49.3 Å². The number of carboxylic acids is 1. The van der Waals surface area contributed by atoms with Crippen molar-refractivity contribution >= 4 is 5.97 Å². The molecule has 4 heteroatoms. The zero-order valence-corrected chi connectivity index (χ0v) is 12.3. The van der Waals surface area contributed by atoms with Gasteiger partial charge in [0.05, 0.1) is 0 Å². The molecule has 22 heavy (non-hydrogen) atoms. The molecule has 0 fully saturated rings. The van der Waals surface area contributed by atoms with E-state index in [4.69, 9.17) is 5.11 Å². The van der Waals surface area contributed by atoms with Crippen LogP contribution in [-0.2, 0) is 17.8 Å². The highest BCUT2D eigenvalue weighted by Gasteiger charge is 2.11. The van der Waals surface area contributed by atoms with Crippen molar-refractivity contribution in [2.45, 2.75) is 31.8 Å². The van der Waals surface area contributed by atoms with Crippen molar-refractivity contribution in [2.24, 2.45) is 0 Å². The number of hydrogen-bond donors (Lipinski definition) is 2. The van der Waals surface area contributed by atoms with Crippen molar-refractivity contribution in [3.8, 4) is 0 Å². The molecule has 3 nitrogen and oxygen atoms in total. The zero-order chi connectivity index (χ0) is 15.8. The highest BCUT2D eigenvalue weighted by molar-refractivity contribution is 5.66. The maximum absolute atomic E-state index is 12.9. The molecule has 0 aliphatic heterocycles. The van der Waals surface area contributed by atoms with Crippen LogP contribution in [0.15, 0.2) is 54.6 Å². The molecule has 116 valence electrons. The van der Waals surface area contributed by atoms with E-state index >= 15 is 0 Å². The van der Waals surface area contributed by atoms with Gasteiger partial charge in [0.1, 0.15) is 5.82 Å². The normalized spacial score (nSPS) is 12.0. The van der Waals surface area contributed by atoms with Gasteiger partial charge in [-0.1, -0.05) is 42.5 Å². The monoisotopic (exact) mass is 301 g/mol. The first-order valence-electron chi connectivity index (χ1n) is 7.37. The fraction of sp³-hybridized carbons (Fsp3) is 0.278. The summed E-state index contributed by atoms with van der Waals surface area (Å²) in [6.45, 7) is 0.595. The summed E-state index contributed by atoms with van der Waals surface area (Å²) in [5, 5.41) is 12.2. The molecule has 0 saturated heterocycles. The summed E-state index contributed by atoms with van der Waals surface area (Å²) in [4.78, 5) is 10.8. The third kappa shape index (κ3) is 5.66. The average molecular weight is 301 g/mol. The number of aliphatic carboxylic acids is 1. The molecule has 0 radical (unpaired) electrons. The van der Waals surface area contributed by atoms with Crippen LogP contribution in [0.1, 0.15) is 24.0 Å². The second-order valence-electron chi connectivity index (χ2n) is 5.33. The van der Waals surface area contributed by atoms with Crippen LogP contribution in [0.4, 0.5) is 4.39 Å². The molecule has 0 bridgehead atoms. The largest absolute Gasteiger partial charge is 0.481 e. The van der Waals surface area contributed by atoms with Crippen LogP contribution in [0.25, 0.3) is 0 Å². The van der Waals surface area contributed by atoms with Crippen molar-refractivity contribution in [3.05, 3.63) is 71.5 Å². The van der Waals surface area contributed by atoms with Crippen molar-refractivity contribution in [1.29, 1.82) is 0 Å². The number of carboxylic acid groups (broad SMARTS) is 1. The molecule has 0 aromatic heterocycles. The predicted molar refractivity (Wildman–Crippen MR) is 84.0 cm³/mol. The first-order chi connectivity index (χ1) is 10.6. The third-order valence-corrected chi connectivity index (χ3v) is 3.54. The summed E-state index contributed by atoms with van der Waals surface area (Å²) in [6.07, 6.45) is 1.47. The number of rotatable bonds is 8. The van der Waals surface area contributed by atoms with Crippen LogP contribution in [0.5, 0.6) is 0 Å². The highest BCUT2D eigenvalue weighted by atomic mass is 19.1. The van der Waals surface area contributed by atoms with E-state index < -0.39 is 5.97 Å². The lowest BCUT2D eigenvalue weighted by Crippen LogP contribution is -2.31. The second kappa shape index (κ2) is 8.29. The van der Waals surface area contributed by atoms with E-state index in [1.54, 1.807) is 12.1 Å². The van der Waals surface area contributed by atoms with Crippen molar-refractivity contribution in [1.82, 2.24) is 5.32 Å². The molecule has 1 atom stereocenters. The number of halogens is 1. The Balaban J connectivity index is 1.94. The van der Waals surface area contributed by atoms with Gasteiger partial charge in [-0.2, -0.15) is 0 Å². The van der Waals surface area contributed by atoms with Crippen LogP contribution in [-0.4, -0.2) is 17.1 Å². The minimum atomic E-state index is -0.790. The lowest BCUT2D eigenvalue weighted by Gasteiger charge is -2.18. The Morgan fingerprint density at radius 2 is 1.73 bits per heavy atom. The molecule has 2 rings (SSSR count). The SMILES string of the molecule is O=C(O)CCC(Cc1ccccc1)NCc1ccc(F)cc1. The minimum Gasteiger partial charge on any atom is -0.481 e. The van der Waals surface area contributed by atoms with Gasteiger partial charge in [0, 0.05) is 19.0 Å². The molecule has 0 spiro atoms. The molecule has 2 aromatic rings. The summed E-state index contributed by atoms with van der Waals surface area (Å²) in [7, 11) is 0. The number of nitrogens with one attached hydrogen (secondary N) is 1. The lowest BCUT2D eigenvalue weighted by molar-refractivity contribution is -0.137. The Labute approximate surface area is 129 Å². The summed E-state index contributed by atoms with van der Waals surface area (Å²) in [5.41, 5.74) is 2.15. The van der Waals surface area contributed by atoms with Gasteiger partial charge in [-0.15, -0.1) is 0 Å². The van der Waals surface area contributed by atoms with Gasteiger partial charge in [0.25, 0.3) is 0 Å². The van der Waals surface area contributed by atoms with Crippen molar-refractivity contribution in [3.63, 3.8) is 0 Å². The van der Waals surface area contributed by atoms with E-state index in [0.717, 1.165) is 12.0 Å². The molecule has 0 heterocycles. The molecule has 1 unspecified atom stereocenters. The van der Waals surface area contributed by atoms with Crippen LogP contribution >= 0.6 is 0 Å². The maximum atomic E-state index is 12.9. The Morgan fingerprint density at radius 3 is 2.36 bits per heavy atom. The van der Waals surface area contributed by atoms with Crippen molar-refractivity contribution < 1.29 is 14.3 Å². The zero-order valence-electron chi connectivity index (χ0n) is 12.3. The Kier molecular flexibility index (Phi) is 6.10. The fourth-order valence-corrected chi connectivity index (χ4v) is 2.34. The van der Waals surface area contributed by atoms with Gasteiger partial charge in [-0.05, 0) is 36.1 Å². The van der Waals surface area contributed by atoms with Crippen LogP contribution in [0.2, 0.25) is 0 Å². The van der Waals surface area contributed by atoms with Gasteiger partial charge in [0.15, 0.2) is 0 Å². The standard InChI is InChI=1S/C18H20FNO2/c19-16-8-6-15(7-9-16)13-20-17(10-11-18(21)22)12-14-4-2-1-3-5-14/h1-9,17,20H,10-13H2,(H,21,22). The minimum absolute atomic E-state index is 0.0727. The Bertz CT molecular complexity index is 584. The summed E-state index contributed by atoms with van der Waals surface area (Å²) < 4.78 is 12.9. The van der Waals surface area contributed by atoms with E-state index in [1.807, 2.05) is 30.3 Å². The number of carbonyl (C=O) groups is 1. The summed E-state index contributed by atoms with van der Waals surface area (Å²) in [6, 6.07) is 16.4. The molecule has 0 aliphatic rings. The number of benzene rings is 2. The predicted octanol–water partition coefficient (Wildman–Crippen LogP) is 3.39. The van der Waals surface area contributed by atoms with E-state index in [-0.39, 0.29) is 18.3 Å². The quantitative estimate of drug-likeness (QED) is 0.786. The molecular formula is C18H20FNO2. The van der Waals surface area contributed by atoms with E-state index in [9.17, 15) is 9.18 Å². The molecule has 0 aliphatic carbocycles. The van der Waals surface area contributed by atoms with Crippen LogP contribution in [0, 0.1) is 5.82 Å². The highest BCUT2D eigenvalue weighted by Crippen LogP contribution is 2.10. The number of hydrogen-bond acceptors (Lipinski definition) is 2. The second-order valence-corrected chi connectivity index (χ2v) is 5.33. The van der Waals surface area contributed by atoms with Crippen LogP contribution in [0.3, 0.4) is 0 Å². The third-order valence-electron chi connectivity index (χ3n) is 3.54. The summed E-state index contributed by atoms with van der Waals surface area (Å²) in [5.74, 6) is -1.04. The van der Waals surface area contributed by atoms with Gasteiger partial charge >= 0.3 is 5.97 Å². The average Bonchev–Trinajstić information content (AvgIpc) is 2.52. The smallest absolute Gasteiger partial charge is 0.303 e. The molecule has 0 saturated carbocycles. The maximum Gasteiger partial charge on any atom is 0.303 e. The van der Waals surface area contributed by atoms with Gasteiger partial charge in [-0.25, -0.2) is 4.39 Å². The first kappa shape index (κ1) is 16.2. The molecular weight excluding hydrogens is 281 g/mol. The first-order valence-corrected chi connectivity index (χ1v) is 7.37. The fourth-order valence-electron chi connectivity index (χ4n) is 2.34. The van der Waals surface area contributed by atoms with Gasteiger partial charge < -0.3 is 10.4 Å². The Morgan fingerprint density at radius 1 is 1.05 bits per heavy atom.